The summed E-state index contributed by atoms with van der Waals surface area (Å²) >= 11 is 0. The van der Waals surface area contributed by atoms with Crippen molar-refractivity contribution in [1.29, 1.82) is 0 Å². The minimum atomic E-state index is -0.350. The Morgan fingerprint density at radius 2 is 2.33 bits per heavy atom. The Morgan fingerprint density at radius 1 is 1.58 bits per heavy atom. The van der Waals surface area contributed by atoms with Gasteiger partial charge >= 0.3 is 5.97 Å². The lowest BCUT2D eigenvalue weighted by Crippen LogP contribution is -2.04. The molecule has 0 N–H and O–H groups in total. The molecule has 3 nitrogen and oxygen atoms in total. The van der Waals surface area contributed by atoms with Crippen molar-refractivity contribution in [3.05, 3.63) is 12.2 Å². The Bertz CT molecular complexity index is 141. The van der Waals surface area contributed by atoms with Gasteiger partial charge in [0.25, 0.3) is 0 Å². The first kappa shape index (κ1) is 11.2. The minimum Gasteiger partial charge on any atom is -0.854 e. The molecule has 0 aromatic rings. The molecular formula is C9H15O3-. The van der Waals surface area contributed by atoms with Gasteiger partial charge in [0, 0.05) is 6.08 Å². The summed E-state index contributed by atoms with van der Waals surface area (Å²) in [7, 11) is 0. The molecule has 0 fully saturated rings. The highest BCUT2D eigenvalue weighted by Crippen LogP contribution is 1.90. The molecule has 0 aliphatic carbocycles. The van der Waals surface area contributed by atoms with Crippen LogP contribution >= 0.6 is 0 Å². The SMILES string of the molecule is CCCCOC(=O)/C=C/CC[O-]. The van der Waals surface area contributed by atoms with E-state index in [9.17, 15) is 9.90 Å². The average Bonchev–Trinajstić information content (AvgIpc) is 2.06. The van der Waals surface area contributed by atoms with Crippen molar-refractivity contribution in [2.24, 2.45) is 0 Å². The molecule has 0 aromatic heterocycles. The van der Waals surface area contributed by atoms with Crippen LogP contribution in [-0.4, -0.2) is 19.2 Å². The lowest BCUT2D eigenvalue weighted by molar-refractivity contribution is -0.366. The Kier molecular flexibility index (Phi) is 7.70. The fourth-order valence-corrected chi connectivity index (χ4v) is 0.613. The van der Waals surface area contributed by atoms with Gasteiger partial charge in [-0.25, -0.2) is 4.79 Å². The number of carbonyl (C=O) groups is 1. The number of hydrogen-bond donors (Lipinski definition) is 0. The molecule has 0 aliphatic rings. The molecule has 0 saturated carbocycles. The van der Waals surface area contributed by atoms with Crippen LogP contribution in [0.4, 0.5) is 0 Å². The Morgan fingerprint density at radius 3 is 2.92 bits per heavy atom. The van der Waals surface area contributed by atoms with Gasteiger partial charge in [-0.2, -0.15) is 0 Å². The molecule has 0 heterocycles. The normalized spacial score (nSPS) is 10.5. The van der Waals surface area contributed by atoms with Gasteiger partial charge in [-0.05, 0) is 12.8 Å². The maximum atomic E-state index is 10.8. The first-order valence-corrected chi connectivity index (χ1v) is 4.22. The molecule has 0 bridgehead atoms. The second kappa shape index (κ2) is 8.27. The van der Waals surface area contributed by atoms with Gasteiger partial charge in [-0.1, -0.05) is 19.4 Å². The molecule has 0 unspecified atom stereocenters. The summed E-state index contributed by atoms with van der Waals surface area (Å²) in [5.74, 6) is -0.350. The predicted molar refractivity (Wildman–Crippen MR) is 44.5 cm³/mol. The molecule has 0 atom stereocenters. The summed E-state index contributed by atoms with van der Waals surface area (Å²) in [4.78, 5) is 10.8. The van der Waals surface area contributed by atoms with Crippen molar-refractivity contribution in [2.75, 3.05) is 13.2 Å². The van der Waals surface area contributed by atoms with Gasteiger partial charge < -0.3 is 9.84 Å². The van der Waals surface area contributed by atoms with Gasteiger partial charge in [0.1, 0.15) is 0 Å². The second-order valence-electron chi connectivity index (χ2n) is 2.42. The van der Waals surface area contributed by atoms with Gasteiger partial charge in [0.2, 0.25) is 0 Å². The molecule has 0 aromatic carbocycles. The van der Waals surface area contributed by atoms with Gasteiger partial charge in [-0.3, -0.25) is 0 Å². The number of ether oxygens (including phenoxy) is 1. The Hall–Kier alpha value is -0.830. The van der Waals surface area contributed by atoms with Crippen molar-refractivity contribution in [3.8, 4) is 0 Å². The van der Waals surface area contributed by atoms with Crippen molar-refractivity contribution in [1.82, 2.24) is 0 Å². The molecule has 0 rings (SSSR count). The molecule has 0 aliphatic heterocycles. The van der Waals surface area contributed by atoms with Crippen LogP contribution in [0.1, 0.15) is 26.2 Å². The standard InChI is InChI=1S/C9H15O3/c1-2-3-8-12-9(11)6-4-5-7-10/h4,6H,2-3,5,7-8H2,1H3/q-1/b6-4+. The van der Waals surface area contributed by atoms with Crippen LogP contribution in [0.5, 0.6) is 0 Å². The van der Waals surface area contributed by atoms with E-state index in [0.717, 1.165) is 12.8 Å². The van der Waals surface area contributed by atoms with Gasteiger partial charge in [-0.15, -0.1) is 6.61 Å². The summed E-state index contributed by atoms with van der Waals surface area (Å²) in [6.45, 7) is 2.32. The van der Waals surface area contributed by atoms with Gasteiger partial charge in [0.05, 0.1) is 6.61 Å². The first-order valence-electron chi connectivity index (χ1n) is 4.22. The Balaban J connectivity index is 3.33. The highest BCUT2D eigenvalue weighted by molar-refractivity contribution is 5.81. The summed E-state index contributed by atoms with van der Waals surface area (Å²) in [5, 5.41) is 9.97. The van der Waals surface area contributed by atoms with Crippen LogP contribution in [0.25, 0.3) is 0 Å². The van der Waals surface area contributed by atoms with E-state index in [4.69, 9.17) is 4.74 Å². The van der Waals surface area contributed by atoms with E-state index in [1.807, 2.05) is 6.92 Å². The minimum absolute atomic E-state index is 0.182. The number of unbranched alkanes of at least 4 members (excludes halogenated alkanes) is 1. The molecule has 0 radical (unpaired) electrons. The molecule has 0 saturated heterocycles. The fourth-order valence-electron chi connectivity index (χ4n) is 0.613. The van der Waals surface area contributed by atoms with E-state index in [2.05, 4.69) is 0 Å². The zero-order chi connectivity index (χ0) is 9.23. The summed E-state index contributed by atoms with van der Waals surface area (Å²) < 4.78 is 4.80. The summed E-state index contributed by atoms with van der Waals surface area (Å²) in [5.41, 5.74) is 0. The largest absolute Gasteiger partial charge is 0.854 e. The van der Waals surface area contributed by atoms with Crippen molar-refractivity contribution in [3.63, 3.8) is 0 Å². The lowest BCUT2D eigenvalue weighted by atomic mass is 10.3. The third-order valence-electron chi connectivity index (χ3n) is 1.28. The zero-order valence-corrected chi connectivity index (χ0v) is 7.41. The highest BCUT2D eigenvalue weighted by atomic mass is 16.5. The molecular weight excluding hydrogens is 156 g/mol. The molecule has 12 heavy (non-hydrogen) atoms. The maximum absolute atomic E-state index is 10.8. The smallest absolute Gasteiger partial charge is 0.330 e. The lowest BCUT2D eigenvalue weighted by Gasteiger charge is -1.99. The highest BCUT2D eigenvalue weighted by Gasteiger charge is 1.93. The van der Waals surface area contributed by atoms with Crippen LogP contribution < -0.4 is 5.11 Å². The van der Waals surface area contributed by atoms with E-state index in [1.165, 1.54) is 6.08 Å². The van der Waals surface area contributed by atoms with Crippen molar-refractivity contribution < 1.29 is 14.6 Å². The second-order valence-corrected chi connectivity index (χ2v) is 2.42. The van der Waals surface area contributed by atoms with Gasteiger partial charge in [0.15, 0.2) is 0 Å². The van der Waals surface area contributed by atoms with Crippen LogP contribution in [-0.2, 0) is 9.53 Å². The van der Waals surface area contributed by atoms with Crippen LogP contribution in [0.2, 0.25) is 0 Å². The summed E-state index contributed by atoms with van der Waals surface area (Å²) in [6.07, 6.45) is 5.15. The maximum Gasteiger partial charge on any atom is 0.330 e. The molecule has 70 valence electrons. The third kappa shape index (κ3) is 7.28. The van der Waals surface area contributed by atoms with Crippen LogP contribution in [0, 0.1) is 0 Å². The number of carbonyl (C=O) groups excluding carboxylic acids is 1. The number of hydrogen-bond acceptors (Lipinski definition) is 3. The average molecular weight is 171 g/mol. The zero-order valence-electron chi connectivity index (χ0n) is 7.41. The first-order chi connectivity index (χ1) is 5.81. The van der Waals surface area contributed by atoms with Crippen LogP contribution in [0.15, 0.2) is 12.2 Å². The van der Waals surface area contributed by atoms with E-state index in [1.54, 1.807) is 6.08 Å². The number of rotatable bonds is 6. The third-order valence-corrected chi connectivity index (χ3v) is 1.28. The molecule has 0 spiro atoms. The topological polar surface area (TPSA) is 49.4 Å². The fraction of sp³-hybridized carbons (Fsp3) is 0.667. The van der Waals surface area contributed by atoms with E-state index in [0.29, 0.717) is 13.0 Å². The van der Waals surface area contributed by atoms with E-state index in [-0.39, 0.29) is 12.6 Å². The number of esters is 1. The van der Waals surface area contributed by atoms with E-state index < -0.39 is 0 Å². The van der Waals surface area contributed by atoms with E-state index >= 15 is 0 Å². The quantitative estimate of drug-likeness (QED) is 0.334. The van der Waals surface area contributed by atoms with Crippen molar-refractivity contribution >= 4 is 5.97 Å². The molecule has 0 amide bonds. The predicted octanol–water partition coefficient (Wildman–Crippen LogP) is 0.636. The summed E-state index contributed by atoms with van der Waals surface area (Å²) in [6, 6.07) is 0. The Labute approximate surface area is 73.0 Å². The van der Waals surface area contributed by atoms with Crippen LogP contribution in [0.3, 0.4) is 0 Å². The monoisotopic (exact) mass is 171 g/mol. The molecule has 3 heteroatoms. The van der Waals surface area contributed by atoms with Crippen molar-refractivity contribution in [2.45, 2.75) is 26.2 Å².